The van der Waals surface area contributed by atoms with Crippen molar-refractivity contribution in [3.63, 3.8) is 0 Å². The zero-order valence-corrected chi connectivity index (χ0v) is 16.4. The first-order valence-electron chi connectivity index (χ1n) is 9.57. The molecule has 1 unspecified atom stereocenters. The minimum absolute atomic E-state index is 0.269. The van der Waals surface area contributed by atoms with E-state index in [2.05, 4.69) is 9.97 Å². The summed E-state index contributed by atoms with van der Waals surface area (Å²) in [5.41, 5.74) is 1.67. The Morgan fingerprint density at radius 3 is 2.60 bits per heavy atom. The number of ether oxygens (including phenoxy) is 2. The lowest BCUT2D eigenvalue weighted by Crippen LogP contribution is -2.17. The van der Waals surface area contributed by atoms with Gasteiger partial charge in [0.2, 0.25) is 0 Å². The molecule has 0 spiro atoms. The quantitative estimate of drug-likeness (QED) is 0.485. The average Bonchev–Trinajstić information content (AvgIpc) is 2.78. The lowest BCUT2D eigenvalue weighted by Gasteiger charge is -2.14. The summed E-state index contributed by atoms with van der Waals surface area (Å²) >= 11 is 0. The Balaban J connectivity index is 1.46. The summed E-state index contributed by atoms with van der Waals surface area (Å²) in [7, 11) is 0. The molecular formula is C24H20N2O4. The number of esters is 1. The number of nitrogens with one attached hydrogen (secondary N) is 1. The summed E-state index contributed by atoms with van der Waals surface area (Å²) in [6.07, 6.45) is -0.719. The Morgan fingerprint density at radius 2 is 1.77 bits per heavy atom. The third kappa shape index (κ3) is 4.38. The second-order valence-corrected chi connectivity index (χ2v) is 6.82. The fraction of sp³-hybridized carbons (Fsp3) is 0.125. The Kier molecular flexibility index (Phi) is 5.57. The van der Waals surface area contributed by atoms with Crippen molar-refractivity contribution in [2.75, 3.05) is 0 Å². The van der Waals surface area contributed by atoms with E-state index < -0.39 is 12.1 Å². The zero-order chi connectivity index (χ0) is 20.9. The maximum absolute atomic E-state index is 12.6. The molecule has 0 amide bonds. The number of hydrogen-bond donors (Lipinski definition) is 1. The lowest BCUT2D eigenvalue weighted by molar-refractivity contribution is 0.0319. The van der Waals surface area contributed by atoms with E-state index in [1.165, 1.54) is 0 Å². The van der Waals surface area contributed by atoms with E-state index in [-0.39, 0.29) is 5.56 Å². The monoisotopic (exact) mass is 400 g/mol. The molecule has 30 heavy (non-hydrogen) atoms. The maximum atomic E-state index is 12.6. The van der Waals surface area contributed by atoms with Crippen molar-refractivity contribution in [1.82, 2.24) is 9.97 Å². The number of H-pyrrole nitrogens is 1. The second-order valence-electron chi connectivity index (χ2n) is 6.82. The van der Waals surface area contributed by atoms with Gasteiger partial charge in [0.25, 0.3) is 5.56 Å². The van der Waals surface area contributed by atoms with E-state index in [9.17, 15) is 9.59 Å². The highest BCUT2D eigenvalue weighted by atomic mass is 16.5. The first-order valence-corrected chi connectivity index (χ1v) is 9.57. The van der Waals surface area contributed by atoms with E-state index in [0.29, 0.717) is 34.6 Å². The van der Waals surface area contributed by atoms with Gasteiger partial charge in [0, 0.05) is 0 Å². The zero-order valence-electron chi connectivity index (χ0n) is 16.4. The van der Waals surface area contributed by atoms with Gasteiger partial charge in [-0.15, -0.1) is 0 Å². The van der Waals surface area contributed by atoms with Gasteiger partial charge in [-0.2, -0.15) is 0 Å². The van der Waals surface area contributed by atoms with Gasteiger partial charge < -0.3 is 14.5 Å². The van der Waals surface area contributed by atoms with Crippen molar-refractivity contribution in [3.05, 3.63) is 106 Å². The van der Waals surface area contributed by atoms with Crippen LogP contribution in [0, 0.1) is 0 Å². The SMILES string of the molecule is CC(OC(=O)c1cccc(OCc2ccccc2)c1)c1nc2ccccc2c(=O)[nH]1. The summed E-state index contributed by atoms with van der Waals surface area (Å²) in [5.74, 6) is 0.338. The molecule has 4 aromatic rings. The number of carbonyl (C=O) groups is 1. The maximum Gasteiger partial charge on any atom is 0.338 e. The molecule has 0 bridgehead atoms. The van der Waals surface area contributed by atoms with Crippen molar-refractivity contribution in [2.45, 2.75) is 19.6 Å². The molecule has 1 N–H and O–H groups in total. The van der Waals surface area contributed by atoms with Crippen LogP contribution in [0.25, 0.3) is 10.9 Å². The Hall–Kier alpha value is -3.93. The molecule has 3 aromatic carbocycles. The fourth-order valence-electron chi connectivity index (χ4n) is 3.04. The Labute approximate surface area is 173 Å². The fourth-order valence-corrected chi connectivity index (χ4v) is 3.04. The first kappa shape index (κ1) is 19.4. The molecular weight excluding hydrogens is 380 g/mol. The van der Waals surface area contributed by atoms with E-state index in [0.717, 1.165) is 5.56 Å². The summed E-state index contributed by atoms with van der Waals surface area (Å²) < 4.78 is 11.3. The number of aromatic nitrogens is 2. The third-order valence-electron chi connectivity index (χ3n) is 4.62. The van der Waals surface area contributed by atoms with Crippen LogP contribution in [0.2, 0.25) is 0 Å². The number of benzene rings is 3. The van der Waals surface area contributed by atoms with Gasteiger partial charge >= 0.3 is 5.97 Å². The van der Waals surface area contributed by atoms with Crippen LogP contribution in [-0.4, -0.2) is 15.9 Å². The van der Waals surface area contributed by atoms with Gasteiger partial charge in [0.1, 0.15) is 12.4 Å². The number of hydrogen-bond acceptors (Lipinski definition) is 5. The molecule has 4 rings (SSSR count). The number of carbonyl (C=O) groups excluding carboxylic acids is 1. The standard InChI is InChI=1S/C24H20N2O4/c1-16(22-25-21-13-6-5-12-20(21)23(27)26-22)30-24(28)18-10-7-11-19(14-18)29-15-17-8-3-2-4-9-17/h2-14,16H,15H2,1H3,(H,25,26,27). The van der Waals surface area contributed by atoms with Crippen LogP contribution in [-0.2, 0) is 11.3 Å². The van der Waals surface area contributed by atoms with Crippen LogP contribution in [0.5, 0.6) is 5.75 Å². The third-order valence-corrected chi connectivity index (χ3v) is 4.62. The molecule has 0 radical (unpaired) electrons. The van der Waals surface area contributed by atoms with Crippen molar-refractivity contribution >= 4 is 16.9 Å². The number of fused-ring (bicyclic) bond motifs is 1. The molecule has 0 aliphatic heterocycles. The number of aromatic amines is 1. The van der Waals surface area contributed by atoms with E-state index >= 15 is 0 Å². The summed E-state index contributed by atoms with van der Waals surface area (Å²) in [6, 6.07) is 23.6. The van der Waals surface area contributed by atoms with E-state index in [4.69, 9.17) is 9.47 Å². The predicted molar refractivity (Wildman–Crippen MR) is 113 cm³/mol. The first-order chi connectivity index (χ1) is 14.6. The van der Waals surface area contributed by atoms with Crippen LogP contribution in [0.1, 0.15) is 34.8 Å². The molecule has 1 heterocycles. The van der Waals surface area contributed by atoms with Crippen molar-refractivity contribution in [1.29, 1.82) is 0 Å². The largest absolute Gasteiger partial charge is 0.489 e. The molecule has 0 saturated heterocycles. The molecule has 1 aromatic heterocycles. The van der Waals surface area contributed by atoms with Crippen LogP contribution in [0.3, 0.4) is 0 Å². The minimum Gasteiger partial charge on any atom is -0.489 e. The highest BCUT2D eigenvalue weighted by Gasteiger charge is 2.17. The van der Waals surface area contributed by atoms with Crippen molar-refractivity contribution in [3.8, 4) is 5.75 Å². The molecule has 0 aliphatic carbocycles. The molecule has 0 saturated carbocycles. The van der Waals surface area contributed by atoms with Crippen LogP contribution < -0.4 is 10.3 Å². The molecule has 6 heteroatoms. The lowest BCUT2D eigenvalue weighted by atomic mass is 10.2. The van der Waals surface area contributed by atoms with Gasteiger partial charge in [0.05, 0.1) is 16.5 Å². The normalized spacial score (nSPS) is 11.8. The summed E-state index contributed by atoms with van der Waals surface area (Å²) in [6.45, 7) is 2.07. The van der Waals surface area contributed by atoms with Crippen molar-refractivity contribution in [2.24, 2.45) is 0 Å². The number of nitrogens with zero attached hydrogens (tertiary/aromatic N) is 1. The van der Waals surface area contributed by atoms with E-state index in [1.807, 2.05) is 30.3 Å². The van der Waals surface area contributed by atoms with Crippen LogP contribution in [0.15, 0.2) is 83.7 Å². The Morgan fingerprint density at radius 1 is 1.00 bits per heavy atom. The molecule has 0 fully saturated rings. The topological polar surface area (TPSA) is 81.3 Å². The van der Waals surface area contributed by atoms with E-state index in [1.54, 1.807) is 55.5 Å². The minimum atomic E-state index is -0.719. The molecule has 0 aliphatic rings. The summed E-state index contributed by atoms with van der Waals surface area (Å²) in [4.78, 5) is 31.9. The molecule has 1 atom stereocenters. The molecule has 6 nitrogen and oxygen atoms in total. The summed E-state index contributed by atoms with van der Waals surface area (Å²) in [5, 5.41) is 0.489. The number of rotatable bonds is 6. The smallest absolute Gasteiger partial charge is 0.338 e. The number of para-hydroxylation sites is 1. The predicted octanol–water partition coefficient (Wildman–Crippen LogP) is 4.42. The second kappa shape index (κ2) is 8.61. The van der Waals surface area contributed by atoms with Gasteiger partial charge in [-0.05, 0) is 42.8 Å². The van der Waals surface area contributed by atoms with Gasteiger partial charge in [-0.3, -0.25) is 4.79 Å². The van der Waals surface area contributed by atoms with Gasteiger partial charge in [0.15, 0.2) is 11.9 Å². The van der Waals surface area contributed by atoms with Gasteiger partial charge in [-0.1, -0.05) is 48.5 Å². The van der Waals surface area contributed by atoms with Gasteiger partial charge in [-0.25, -0.2) is 9.78 Å². The van der Waals surface area contributed by atoms with Crippen molar-refractivity contribution < 1.29 is 14.3 Å². The van der Waals surface area contributed by atoms with Crippen LogP contribution >= 0.6 is 0 Å². The Bertz CT molecular complexity index is 1230. The highest BCUT2D eigenvalue weighted by molar-refractivity contribution is 5.90. The van der Waals surface area contributed by atoms with Crippen LogP contribution in [0.4, 0.5) is 0 Å². The highest BCUT2D eigenvalue weighted by Crippen LogP contribution is 2.20. The average molecular weight is 400 g/mol. The molecule has 150 valence electrons.